The van der Waals surface area contributed by atoms with Gasteiger partial charge in [-0.1, -0.05) is 12.1 Å². The molecule has 1 aromatic carbocycles. The van der Waals surface area contributed by atoms with E-state index < -0.39 is 11.8 Å². The molecule has 2 N–H and O–H groups in total. The van der Waals surface area contributed by atoms with Crippen molar-refractivity contribution >= 4 is 23.5 Å². The Labute approximate surface area is 175 Å². The molecule has 0 bridgehead atoms. The third-order valence-electron chi connectivity index (χ3n) is 5.19. The van der Waals surface area contributed by atoms with Crippen LogP contribution in [0.15, 0.2) is 36.5 Å². The highest BCUT2D eigenvalue weighted by Crippen LogP contribution is 2.28. The lowest BCUT2D eigenvalue weighted by molar-refractivity contribution is 0.0771. The lowest BCUT2D eigenvalue weighted by Gasteiger charge is -2.37. The Kier molecular flexibility index (Phi) is 6.83. The molecule has 0 aliphatic carbocycles. The summed E-state index contributed by atoms with van der Waals surface area (Å²) < 4.78 is 19.9. The zero-order valence-electron chi connectivity index (χ0n) is 17.3. The summed E-state index contributed by atoms with van der Waals surface area (Å²) in [6, 6.07) is 7.69. The first-order valence-electron chi connectivity index (χ1n) is 9.75. The Morgan fingerprint density at radius 1 is 1.13 bits per heavy atom. The Bertz CT molecular complexity index is 898. The molecule has 3 rings (SSSR count). The van der Waals surface area contributed by atoms with Crippen molar-refractivity contribution in [3.05, 3.63) is 53.6 Å². The van der Waals surface area contributed by atoms with Crippen LogP contribution in [0, 0.1) is 12.7 Å². The maximum Gasteiger partial charge on any atom is 0.409 e. The predicted molar refractivity (Wildman–Crippen MR) is 112 cm³/mol. The number of pyridine rings is 1. The van der Waals surface area contributed by atoms with E-state index in [2.05, 4.69) is 20.5 Å². The van der Waals surface area contributed by atoms with Crippen molar-refractivity contribution in [3.63, 3.8) is 0 Å². The molecule has 0 unspecified atom stereocenters. The number of piperazine rings is 1. The Hall–Kier alpha value is -3.20. The number of urea groups is 1. The zero-order valence-corrected chi connectivity index (χ0v) is 17.3. The fourth-order valence-electron chi connectivity index (χ4n) is 3.41. The number of aryl methyl sites for hydroxylation is 1. The van der Waals surface area contributed by atoms with Crippen molar-refractivity contribution in [1.29, 1.82) is 0 Å². The van der Waals surface area contributed by atoms with E-state index in [0.29, 0.717) is 37.4 Å². The molecule has 0 radical (unpaired) electrons. The molecule has 0 saturated carbocycles. The van der Waals surface area contributed by atoms with E-state index in [9.17, 15) is 9.59 Å². The van der Waals surface area contributed by atoms with Crippen LogP contribution in [-0.2, 0) is 4.74 Å². The van der Waals surface area contributed by atoms with Crippen LogP contribution in [0.3, 0.4) is 0 Å². The number of methoxy groups -OCH3 is 1. The van der Waals surface area contributed by atoms with E-state index in [4.69, 9.17) is 4.74 Å². The van der Waals surface area contributed by atoms with Crippen LogP contribution in [-0.4, -0.2) is 60.2 Å². The van der Waals surface area contributed by atoms with Gasteiger partial charge in [-0.05, 0) is 32.0 Å². The van der Waals surface area contributed by atoms with E-state index in [0.717, 1.165) is 5.69 Å². The molecule has 1 aliphatic heterocycles. The second kappa shape index (κ2) is 9.53. The molecule has 8 nitrogen and oxygen atoms in total. The molecule has 160 valence electrons. The van der Waals surface area contributed by atoms with E-state index in [1.165, 1.54) is 19.4 Å². The molecule has 1 saturated heterocycles. The number of hydrogen-bond donors (Lipinski definition) is 2. The van der Waals surface area contributed by atoms with Crippen LogP contribution in [0.25, 0.3) is 0 Å². The van der Waals surface area contributed by atoms with Crippen molar-refractivity contribution in [2.45, 2.75) is 19.9 Å². The van der Waals surface area contributed by atoms with Crippen molar-refractivity contribution in [2.24, 2.45) is 0 Å². The smallest absolute Gasteiger partial charge is 0.409 e. The summed E-state index contributed by atoms with van der Waals surface area (Å²) in [4.78, 5) is 31.7. The van der Waals surface area contributed by atoms with Crippen LogP contribution in [0.2, 0.25) is 0 Å². The molecule has 0 spiro atoms. The third-order valence-corrected chi connectivity index (χ3v) is 5.19. The number of nitrogens with zero attached hydrogens (tertiary/aromatic N) is 3. The Morgan fingerprint density at radius 3 is 2.50 bits per heavy atom. The van der Waals surface area contributed by atoms with E-state index in [1.807, 2.05) is 13.8 Å². The standard InChI is InChI=1S/C21H26FN5O3/c1-14-7-8-16(13-23-14)24-20(28)25-18-6-4-5-17(19(18)22)15(2)26-9-11-27(12-10-26)21(29)30-3/h4-8,13,15H,9-12H2,1-3H3,(H2,24,25,28)/t15-/m0/s1. The Balaban J connectivity index is 1.65. The van der Waals surface area contributed by atoms with Gasteiger partial charge < -0.3 is 20.3 Å². The molecule has 1 atom stereocenters. The molecule has 30 heavy (non-hydrogen) atoms. The van der Waals surface area contributed by atoms with E-state index >= 15 is 4.39 Å². The van der Waals surface area contributed by atoms with Crippen molar-refractivity contribution < 1.29 is 18.7 Å². The number of carbonyl (C=O) groups excluding carboxylic acids is 2. The quantitative estimate of drug-likeness (QED) is 0.797. The van der Waals surface area contributed by atoms with Gasteiger partial charge in [0.1, 0.15) is 0 Å². The number of benzene rings is 1. The number of rotatable bonds is 4. The largest absolute Gasteiger partial charge is 0.453 e. The lowest BCUT2D eigenvalue weighted by Crippen LogP contribution is -2.49. The van der Waals surface area contributed by atoms with Gasteiger partial charge in [-0.2, -0.15) is 0 Å². The maximum absolute atomic E-state index is 15.1. The van der Waals surface area contributed by atoms with Gasteiger partial charge in [-0.3, -0.25) is 9.88 Å². The van der Waals surface area contributed by atoms with Gasteiger partial charge in [0.25, 0.3) is 0 Å². The number of nitrogens with one attached hydrogen (secondary N) is 2. The van der Waals surface area contributed by atoms with Crippen LogP contribution >= 0.6 is 0 Å². The minimum atomic E-state index is -0.545. The summed E-state index contributed by atoms with van der Waals surface area (Å²) in [7, 11) is 1.36. The highest BCUT2D eigenvalue weighted by Gasteiger charge is 2.27. The molecular weight excluding hydrogens is 389 g/mol. The molecule has 1 aromatic heterocycles. The van der Waals surface area contributed by atoms with Crippen molar-refractivity contribution in [2.75, 3.05) is 43.9 Å². The molecule has 2 aromatic rings. The summed E-state index contributed by atoms with van der Waals surface area (Å²) in [5.74, 6) is -0.474. The van der Waals surface area contributed by atoms with Crippen LogP contribution in [0.5, 0.6) is 0 Å². The topological polar surface area (TPSA) is 86.8 Å². The second-order valence-corrected chi connectivity index (χ2v) is 7.15. The lowest BCUT2D eigenvalue weighted by atomic mass is 10.0. The van der Waals surface area contributed by atoms with Crippen molar-refractivity contribution in [1.82, 2.24) is 14.8 Å². The van der Waals surface area contributed by atoms with Gasteiger partial charge >= 0.3 is 12.1 Å². The SMILES string of the molecule is COC(=O)N1CCN([C@@H](C)c2cccc(NC(=O)Nc3ccc(C)nc3)c2F)CC1. The van der Waals surface area contributed by atoms with Gasteiger partial charge in [0.2, 0.25) is 0 Å². The van der Waals surface area contributed by atoms with Gasteiger partial charge in [-0.15, -0.1) is 0 Å². The molecule has 1 aliphatic rings. The first-order valence-corrected chi connectivity index (χ1v) is 9.75. The van der Waals surface area contributed by atoms with E-state index in [-0.39, 0.29) is 17.8 Å². The van der Waals surface area contributed by atoms with Gasteiger partial charge in [0, 0.05) is 43.5 Å². The average Bonchev–Trinajstić information content (AvgIpc) is 2.76. The minimum absolute atomic E-state index is 0.102. The predicted octanol–water partition coefficient (Wildman–Crippen LogP) is 3.62. The minimum Gasteiger partial charge on any atom is -0.453 e. The van der Waals surface area contributed by atoms with Crippen LogP contribution in [0.4, 0.5) is 25.4 Å². The highest BCUT2D eigenvalue weighted by molar-refractivity contribution is 5.99. The fraction of sp³-hybridized carbons (Fsp3) is 0.381. The maximum atomic E-state index is 15.1. The first kappa shape index (κ1) is 21.5. The fourth-order valence-corrected chi connectivity index (χ4v) is 3.41. The summed E-state index contributed by atoms with van der Waals surface area (Å²) in [5, 5.41) is 5.20. The van der Waals surface area contributed by atoms with Gasteiger partial charge in [0.05, 0.1) is 24.7 Å². The van der Waals surface area contributed by atoms with Crippen molar-refractivity contribution in [3.8, 4) is 0 Å². The molecule has 1 fully saturated rings. The van der Waals surface area contributed by atoms with Crippen LogP contribution in [0.1, 0.15) is 24.2 Å². The summed E-state index contributed by atoms with van der Waals surface area (Å²) in [6.07, 6.45) is 1.19. The van der Waals surface area contributed by atoms with Gasteiger partial charge in [-0.25, -0.2) is 14.0 Å². The third kappa shape index (κ3) is 5.04. The van der Waals surface area contributed by atoms with Crippen LogP contribution < -0.4 is 10.6 Å². The Morgan fingerprint density at radius 2 is 1.87 bits per heavy atom. The average molecular weight is 415 g/mol. The zero-order chi connectivity index (χ0) is 21.7. The molecule has 2 heterocycles. The van der Waals surface area contributed by atoms with E-state index in [1.54, 1.807) is 29.2 Å². The number of carbonyl (C=O) groups is 2. The summed E-state index contributed by atoms with van der Waals surface area (Å²) in [5.41, 5.74) is 1.94. The number of ether oxygens (including phenoxy) is 1. The number of anilines is 2. The first-order chi connectivity index (χ1) is 14.4. The molecular formula is C21H26FN5O3. The molecule has 9 heteroatoms. The number of halogens is 1. The van der Waals surface area contributed by atoms with Gasteiger partial charge in [0.15, 0.2) is 5.82 Å². The number of aromatic nitrogens is 1. The highest BCUT2D eigenvalue weighted by atomic mass is 19.1. The monoisotopic (exact) mass is 415 g/mol. The second-order valence-electron chi connectivity index (χ2n) is 7.15. The summed E-state index contributed by atoms with van der Waals surface area (Å²) in [6.45, 7) is 6.00. The number of hydrogen-bond acceptors (Lipinski definition) is 5. The normalized spacial score (nSPS) is 15.4. The molecule has 3 amide bonds. The number of amides is 3. The summed E-state index contributed by atoms with van der Waals surface area (Å²) >= 11 is 0.